The van der Waals surface area contributed by atoms with Crippen LogP contribution in [0.15, 0.2) is 29.7 Å². The number of nitrogens with two attached hydrogens (primary N) is 1. The molecule has 23 heteroatoms. The van der Waals surface area contributed by atoms with E-state index in [-0.39, 0.29) is 35.0 Å². The van der Waals surface area contributed by atoms with Crippen LogP contribution in [0, 0.1) is 11.8 Å². The number of nitrogens with zero attached hydrogens (tertiary/aromatic N) is 11. The van der Waals surface area contributed by atoms with E-state index in [1.165, 1.54) is 21.1 Å². The number of hydrogen-bond donors (Lipinski definition) is 2. The third kappa shape index (κ3) is 11.7. The van der Waals surface area contributed by atoms with Gasteiger partial charge in [0.1, 0.15) is 22.7 Å². The molecule has 1 unspecified atom stereocenters. The second-order valence-corrected chi connectivity index (χ2v) is 27.2. The highest BCUT2D eigenvalue weighted by Gasteiger charge is 2.60. The van der Waals surface area contributed by atoms with Gasteiger partial charge in [0.25, 0.3) is 11.8 Å². The van der Waals surface area contributed by atoms with Crippen LogP contribution in [0.1, 0.15) is 120 Å². The number of sulfonamides is 2. The Hall–Kier alpha value is -4.13. The van der Waals surface area contributed by atoms with E-state index in [4.69, 9.17) is 10.7 Å². The Balaban J connectivity index is 0.000000158. The minimum atomic E-state index is -3.14. The molecule has 72 heavy (non-hydrogen) atoms. The Morgan fingerprint density at radius 1 is 0.722 bits per heavy atom. The second-order valence-electron chi connectivity index (χ2n) is 22.0. The first-order valence-corrected chi connectivity index (χ1v) is 30.6. The van der Waals surface area contributed by atoms with Crippen molar-refractivity contribution in [2.75, 3.05) is 85.0 Å². The predicted octanol–water partition coefficient (Wildman–Crippen LogP) is 4.35. The Kier molecular flexibility index (Phi) is 16.7. The number of piperidine rings is 2. The quantitative estimate of drug-likeness (QED) is 0.188. The summed E-state index contributed by atoms with van der Waals surface area (Å²) in [5.74, 6) is 2.07. The fourth-order valence-electron chi connectivity index (χ4n) is 11.4. The summed E-state index contributed by atoms with van der Waals surface area (Å²) >= 11 is 0. The lowest BCUT2D eigenvalue weighted by molar-refractivity contribution is -0.0871. The van der Waals surface area contributed by atoms with Gasteiger partial charge >= 0.3 is 0 Å². The van der Waals surface area contributed by atoms with E-state index in [1.807, 2.05) is 12.1 Å². The zero-order chi connectivity index (χ0) is 52.8. The molecule has 0 aromatic carbocycles. The number of fused-ring (bicyclic) bond motifs is 2. The van der Waals surface area contributed by atoms with E-state index >= 15 is 0 Å². The van der Waals surface area contributed by atoms with E-state index in [9.17, 15) is 30.6 Å². The molecule has 4 bridgehead atoms. The second kappa shape index (κ2) is 21.6. The van der Waals surface area contributed by atoms with E-state index in [0.29, 0.717) is 73.6 Å². The average Bonchev–Trinajstić information content (AvgIpc) is 3.79. The zero-order valence-corrected chi connectivity index (χ0v) is 46.9. The molecule has 3 N–H and O–H groups in total. The van der Waals surface area contributed by atoms with E-state index in [2.05, 4.69) is 68.9 Å². The lowest BCUT2D eigenvalue weighted by atomic mass is 9.49. The monoisotopic (exact) mass is 1060 g/mol. The number of carbonyl (C=O) groups is 2. The molecule has 4 aromatic heterocycles. The molecular formula is C49H79N13O7S3. The number of amides is 2. The smallest absolute Gasteiger partial charge is 0.270 e. The average molecular weight is 1060 g/mol. The van der Waals surface area contributed by atoms with Gasteiger partial charge in [-0.3, -0.25) is 18.7 Å². The summed E-state index contributed by atoms with van der Waals surface area (Å²) in [6.07, 6.45) is 17.2. The lowest BCUT2D eigenvalue weighted by Gasteiger charge is -2.62. The molecule has 2 saturated heterocycles. The molecule has 2 aliphatic heterocycles. The van der Waals surface area contributed by atoms with Crippen LogP contribution in [0.25, 0.3) is 22.1 Å². The van der Waals surface area contributed by atoms with E-state index in [1.54, 1.807) is 56.6 Å². The Morgan fingerprint density at radius 2 is 1.12 bits per heavy atom. The molecule has 2 amide bonds. The summed E-state index contributed by atoms with van der Waals surface area (Å²) in [7, 11) is -0.294. The molecule has 6 heterocycles. The van der Waals surface area contributed by atoms with Gasteiger partial charge in [-0.2, -0.15) is 4.98 Å². The molecule has 8 fully saturated rings. The first-order valence-electron chi connectivity index (χ1n) is 25.4. The van der Waals surface area contributed by atoms with Gasteiger partial charge in [0, 0.05) is 119 Å². The predicted molar refractivity (Wildman–Crippen MR) is 283 cm³/mol. The van der Waals surface area contributed by atoms with Gasteiger partial charge in [0.2, 0.25) is 31.2 Å². The van der Waals surface area contributed by atoms with Gasteiger partial charge in [-0.25, -0.2) is 40.4 Å². The van der Waals surface area contributed by atoms with Crippen LogP contribution >= 0.6 is 0 Å². The molecule has 20 nitrogen and oxygen atoms in total. The van der Waals surface area contributed by atoms with Crippen LogP contribution in [0.5, 0.6) is 0 Å². The highest BCUT2D eigenvalue weighted by Crippen LogP contribution is 2.64. The number of carbonyl (C=O) groups excluding carboxylic acids is 2. The minimum Gasteiger partial charge on any atom is -0.351 e. The molecule has 12 rings (SSSR count). The van der Waals surface area contributed by atoms with Crippen molar-refractivity contribution in [3.8, 4) is 0 Å². The van der Waals surface area contributed by atoms with Crippen molar-refractivity contribution in [1.29, 1.82) is 0 Å². The van der Waals surface area contributed by atoms with Gasteiger partial charge in [-0.05, 0) is 122 Å². The Morgan fingerprint density at radius 3 is 1.46 bits per heavy atom. The van der Waals surface area contributed by atoms with Crippen molar-refractivity contribution in [1.82, 2.24) is 52.4 Å². The standard InChI is InChI=1S/C20H28N6O3S.C15H18N4O2S.C8H19N.C6H14N2O2S/c1-24(2)18(27)16-8-14-12-21-19(22-15-4-6-25(7-5-15)30(3,28)29)23-17(14)26(16)20-9-13(10-20)11-20;1-18(2)13(20)11-4-10-8-16-14(22(3)21)17-12(10)19(11)15-5-9(6-15)7-15;1-6-9(7(2)3)8(4)5;1-11(9,10)8-4-2-6(7)3-5-8/h8,12-13,15H,4-7,9-11H2,1-3H3,(H,21,22,23);4,8-9H,5-7H2,1-3H3;7-8H,6H2,1-5H3;6H,2-5,7H2,1H3. The van der Waals surface area contributed by atoms with Gasteiger partial charge in [0.05, 0.1) is 23.3 Å². The SMILES string of the molecule is CCN(C(C)C)C(C)C.CN(C)C(=O)c1cc2cnc(NC3CCN(S(C)(=O)=O)CC3)nc2n1C12CC(C1)C2.CN(C)C(=O)c1cc2cnc(S(C)=O)nc2n1C12CC(C1)C2.CS(=O)(=O)N1CCC(N)CC1. The molecule has 0 radical (unpaired) electrons. The van der Waals surface area contributed by atoms with E-state index in [0.717, 1.165) is 91.8 Å². The zero-order valence-electron chi connectivity index (χ0n) is 44.5. The highest BCUT2D eigenvalue weighted by molar-refractivity contribution is 7.88. The van der Waals surface area contributed by atoms with Crippen molar-refractivity contribution < 1.29 is 30.6 Å². The van der Waals surface area contributed by atoms with Crippen molar-refractivity contribution in [2.45, 2.75) is 139 Å². The minimum absolute atomic E-state index is 0.0135. The lowest BCUT2D eigenvalue weighted by Crippen LogP contribution is -2.60. The third-order valence-electron chi connectivity index (χ3n) is 15.4. The normalized spacial score (nSPS) is 24.6. The summed E-state index contributed by atoms with van der Waals surface area (Å²) in [6, 6.07) is 5.46. The summed E-state index contributed by atoms with van der Waals surface area (Å²) in [6.45, 7) is 14.5. The number of aromatic nitrogens is 6. The summed E-state index contributed by atoms with van der Waals surface area (Å²) in [5.41, 5.74) is 8.57. The maximum atomic E-state index is 12.8. The van der Waals surface area contributed by atoms with Crippen LogP contribution in [0.3, 0.4) is 0 Å². The largest absolute Gasteiger partial charge is 0.351 e. The van der Waals surface area contributed by atoms with Crippen LogP contribution < -0.4 is 11.1 Å². The molecule has 4 aromatic rings. The van der Waals surface area contributed by atoms with Gasteiger partial charge in [0.15, 0.2) is 0 Å². The Bertz CT molecular complexity index is 2820. The molecule has 400 valence electrons. The number of nitrogens with one attached hydrogen (secondary N) is 1. The van der Waals surface area contributed by atoms with Crippen LogP contribution in [-0.2, 0) is 41.9 Å². The summed E-state index contributed by atoms with van der Waals surface area (Å²) in [5, 5.41) is 5.42. The van der Waals surface area contributed by atoms with Gasteiger partial charge in [-0.15, -0.1) is 0 Å². The van der Waals surface area contributed by atoms with Crippen molar-refractivity contribution in [2.24, 2.45) is 17.6 Å². The summed E-state index contributed by atoms with van der Waals surface area (Å²) in [4.78, 5) is 49.0. The van der Waals surface area contributed by atoms with Gasteiger partial charge < -0.3 is 30.0 Å². The molecule has 6 aliphatic carbocycles. The topological polar surface area (TPSA) is 235 Å². The number of hydrogen-bond acceptors (Lipinski definition) is 14. The van der Waals surface area contributed by atoms with Crippen LogP contribution in [0.4, 0.5) is 5.95 Å². The number of anilines is 1. The van der Waals surface area contributed by atoms with Crippen molar-refractivity contribution in [3.63, 3.8) is 0 Å². The van der Waals surface area contributed by atoms with Gasteiger partial charge in [-0.1, -0.05) is 6.92 Å². The molecule has 0 spiro atoms. The molecule has 6 saturated carbocycles. The Labute approximate surface area is 429 Å². The maximum absolute atomic E-state index is 12.8. The van der Waals surface area contributed by atoms with Crippen LogP contribution in [-0.4, -0.2) is 189 Å². The van der Waals surface area contributed by atoms with Crippen molar-refractivity contribution >= 4 is 70.7 Å². The highest BCUT2D eigenvalue weighted by atomic mass is 32.2. The maximum Gasteiger partial charge on any atom is 0.270 e. The third-order valence-corrected chi connectivity index (χ3v) is 18.8. The fourth-order valence-corrected chi connectivity index (χ4v) is 13.5. The van der Waals surface area contributed by atoms with E-state index < -0.39 is 30.8 Å². The number of rotatable bonds is 12. The summed E-state index contributed by atoms with van der Waals surface area (Å²) < 4.78 is 64.3. The fraction of sp³-hybridized carbons (Fsp3) is 0.714. The molecule has 8 aliphatic rings. The first-order chi connectivity index (χ1) is 33.7. The first kappa shape index (κ1) is 55.6. The molecular weight excluding hydrogens is 979 g/mol. The molecule has 1 atom stereocenters. The van der Waals surface area contributed by atoms with Crippen LogP contribution in [0.2, 0.25) is 0 Å². The van der Waals surface area contributed by atoms with Crippen molar-refractivity contribution in [3.05, 3.63) is 35.9 Å².